The molecule has 2 nitrogen and oxygen atoms in total. The van der Waals surface area contributed by atoms with Crippen molar-refractivity contribution in [2.75, 3.05) is 13.1 Å². The maximum atomic E-state index is 3.72. The van der Waals surface area contributed by atoms with Gasteiger partial charge in [-0.2, -0.15) is 0 Å². The van der Waals surface area contributed by atoms with Gasteiger partial charge < -0.3 is 5.32 Å². The second-order valence-electron chi connectivity index (χ2n) is 6.36. The molecule has 0 aromatic rings. The van der Waals surface area contributed by atoms with Crippen LogP contribution in [0, 0.1) is 5.92 Å². The van der Waals surface area contributed by atoms with Crippen molar-refractivity contribution >= 4 is 0 Å². The molecule has 0 aromatic heterocycles. The van der Waals surface area contributed by atoms with Crippen LogP contribution >= 0.6 is 0 Å². The minimum absolute atomic E-state index is 0.270. The molecule has 1 aliphatic heterocycles. The van der Waals surface area contributed by atoms with Crippen LogP contribution in [0.4, 0.5) is 0 Å². The molecular formula is C15H32N2. The molecule has 0 bridgehead atoms. The molecule has 1 aliphatic rings. The number of piperazine rings is 1. The van der Waals surface area contributed by atoms with Crippen LogP contribution in [0.25, 0.3) is 0 Å². The van der Waals surface area contributed by atoms with Gasteiger partial charge in [-0.05, 0) is 32.6 Å². The fraction of sp³-hybridized carbons (Fsp3) is 1.00. The molecule has 102 valence electrons. The van der Waals surface area contributed by atoms with E-state index >= 15 is 0 Å². The Morgan fingerprint density at radius 2 is 1.76 bits per heavy atom. The van der Waals surface area contributed by atoms with Crippen molar-refractivity contribution in [1.29, 1.82) is 0 Å². The summed E-state index contributed by atoms with van der Waals surface area (Å²) in [6, 6.07) is 1.48. The van der Waals surface area contributed by atoms with Crippen molar-refractivity contribution in [2.24, 2.45) is 5.92 Å². The van der Waals surface area contributed by atoms with Crippen LogP contribution < -0.4 is 5.32 Å². The quantitative estimate of drug-likeness (QED) is 0.793. The third kappa shape index (κ3) is 3.69. The van der Waals surface area contributed by atoms with Gasteiger partial charge in [0.1, 0.15) is 0 Å². The molecule has 0 amide bonds. The molecule has 0 aliphatic carbocycles. The molecule has 17 heavy (non-hydrogen) atoms. The highest BCUT2D eigenvalue weighted by Gasteiger charge is 2.37. The normalized spacial score (nSPS) is 27.4. The lowest BCUT2D eigenvalue weighted by Crippen LogP contribution is -2.65. The van der Waals surface area contributed by atoms with Crippen molar-refractivity contribution in [1.82, 2.24) is 10.2 Å². The lowest BCUT2D eigenvalue weighted by molar-refractivity contribution is 0.0240. The minimum Gasteiger partial charge on any atom is -0.309 e. The number of nitrogens with one attached hydrogen (secondary N) is 1. The predicted molar refractivity (Wildman–Crippen MR) is 76.4 cm³/mol. The van der Waals surface area contributed by atoms with Crippen molar-refractivity contribution in [3.63, 3.8) is 0 Å². The lowest BCUT2D eigenvalue weighted by Gasteiger charge is -2.50. The molecule has 2 atom stereocenters. The Hall–Kier alpha value is -0.0800. The Labute approximate surface area is 108 Å². The number of hydrogen-bond acceptors (Lipinski definition) is 2. The topological polar surface area (TPSA) is 15.3 Å². The molecular weight excluding hydrogens is 208 g/mol. The summed E-state index contributed by atoms with van der Waals surface area (Å²) in [5.41, 5.74) is 0.270. The molecule has 1 rings (SSSR count). The van der Waals surface area contributed by atoms with Crippen LogP contribution in [-0.4, -0.2) is 35.6 Å². The van der Waals surface area contributed by atoms with Gasteiger partial charge in [0.05, 0.1) is 0 Å². The van der Waals surface area contributed by atoms with Crippen LogP contribution in [0.5, 0.6) is 0 Å². The summed E-state index contributed by atoms with van der Waals surface area (Å²) in [7, 11) is 0. The van der Waals surface area contributed by atoms with Gasteiger partial charge in [-0.3, -0.25) is 4.90 Å². The predicted octanol–water partition coefficient (Wildman–Crippen LogP) is 3.27. The molecule has 1 heterocycles. The summed E-state index contributed by atoms with van der Waals surface area (Å²) in [4.78, 5) is 2.78. The number of nitrogens with zero attached hydrogens (tertiary/aromatic N) is 1. The fourth-order valence-corrected chi connectivity index (χ4v) is 3.09. The van der Waals surface area contributed by atoms with Gasteiger partial charge in [0.15, 0.2) is 0 Å². The second-order valence-corrected chi connectivity index (χ2v) is 6.36. The molecule has 0 aromatic carbocycles. The zero-order chi connectivity index (χ0) is 13.1. The first-order chi connectivity index (χ1) is 7.95. The fourth-order valence-electron chi connectivity index (χ4n) is 3.09. The van der Waals surface area contributed by atoms with E-state index in [0.717, 1.165) is 24.5 Å². The lowest BCUT2D eigenvalue weighted by atomic mass is 9.88. The summed E-state index contributed by atoms with van der Waals surface area (Å²) in [6.45, 7) is 16.4. The van der Waals surface area contributed by atoms with E-state index in [2.05, 4.69) is 51.8 Å². The summed E-state index contributed by atoms with van der Waals surface area (Å²) in [5.74, 6) is 0.791. The largest absolute Gasteiger partial charge is 0.309 e. The number of rotatable bonds is 5. The van der Waals surface area contributed by atoms with Gasteiger partial charge in [0.25, 0.3) is 0 Å². The SMILES string of the molecule is CCC(C)C1CNC(C)(C)CN1C(CC)CC. The van der Waals surface area contributed by atoms with Crippen molar-refractivity contribution in [2.45, 2.75) is 78.4 Å². The Kier molecular flexibility index (Phi) is 5.46. The molecule has 1 fully saturated rings. The Morgan fingerprint density at radius 1 is 1.18 bits per heavy atom. The number of hydrogen-bond donors (Lipinski definition) is 1. The van der Waals surface area contributed by atoms with Crippen LogP contribution in [0.2, 0.25) is 0 Å². The summed E-state index contributed by atoms with van der Waals surface area (Å²) in [5, 5.41) is 3.72. The van der Waals surface area contributed by atoms with E-state index in [1.807, 2.05) is 0 Å². The van der Waals surface area contributed by atoms with Gasteiger partial charge >= 0.3 is 0 Å². The zero-order valence-corrected chi connectivity index (χ0v) is 12.7. The summed E-state index contributed by atoms with van der Waals surface area (Å²) < 4.78 is 0. The van der Waals surface area contributed by atoms with E-state index in [1.54, 1.807) is 0 Å². The highest BCUT2D eigenvalue weighted by Crippen LogP contribution is 2.26. The molecule has 0 spiro atoms. The maximum absolute atomic E-state index is 3.72. The Balaban J connectivity index is 2.81. The third-order valence-electron chi connectivity index (χ3n) is 4.51. The highest BCUT2D eigenvalue weighted by atomic mass is 15.3. The smallest absolute Gasteiger partial charge is 0.0253 e. The van der Waals surface area contributed by atoms with Gasteiger partial charge in [-0.25, -0.2) is 0 Å². The van der Waals surface area contributed by atoms with E-state index in [9.17, 15) is 0 Å². The molecule has 2 unspecified atom stereocenters. The zero-order valence-electron chi connectivity index (χ0n) is 12.7. The molecule has 0 saturated carbocycles. The van der Waals surface area contributed by atoms with Gasteiger partial charge in [-0.1, -0.05) is 34.1 Å². The molecule has 1 N–H and O–H groups in total. The summed E-state index contributed by atoms with van der Waals surface area (Å²) >= 11 is 0. The average molecular weight is 240 g/mol. The van der Waals surface area contributed by atoms with Crippen LogP contribution in [0.1, 0.15) is 60.8 Å². The van der Waals surface area contributed by atoms with Crippen molar-refractivity contribution in [3.05, 3.63) is 0 Å². The maximum Gasteiger partial charge on any atom is 0.0253 e. The van der Waals surface area contributed by atoms with Crippen molar-refractivity contribution < 1.29 is 0 Å². The first kappa shape index (κ1) is 15.0. The van der Waals surface area contributed by atoms with Crippen LogP contribution in [-0.2, 0) is 0 Å². The van der Waals surface area contributed by atoms with Gasteiger partial charge in [0, 0.05) is 30.7 Å². The second kappa shape index (κ2) is 6.19. The van der Waals surface area contributed by atoms with E-state index in [-0.39, 0.29) is 5.54 Å². The van der Waals surface area contributed by atoms with Crippen molar-refractivity contribution in [3.8, 4) is 0 Å². The highest BCUT2D eigenvalue weighted by molar-refractivity contribution is 4.95. The van der Waals surface area contributed by atoms with Crippen LogP contribution in [0.3, 0.4) is 0 Å². The van der Waals surface area contributed by atoms with Gasteiger partial charge in [-0.15, -0.1) is 0 Å². The minimum atomic E-state index is 0.270. The monoisotopic (exact) mass is 240 g/mol. The molecule has 1 saturated heterocycles. The first-order valence-corrected chi connectivity index (χ1v) is 7.45. The van der Waals surface area contributed by atoms with E-state index < -0.39 is 0 Å². The summed E-state index contributed by atoms with van der Waals surface area (Å²) in [6.07, 6.45) is 3.84. The Bertz CT molecular complexity index is 221. The van der Waals surface area contributed by atoms with Gasteiger partial charge in [0.2, 0.25) is 0 Å². The third-order valence-corrected chi connectivity index (χ3v) is 4.51. The molecule has 0 radical (unpaired) electrons. The van der Waals surface area contributed by atoms with E-state index in [4.69, 9.17) is 0 Å². The first-order valence-electron chi connectivity index (χ1n) is 7.45. The Morgan fingerprint density at radius 3 is 2.24 bits per heavy atom. The van der Waals surface area contributed by atoms with E-state index in [1.165, 1.54) is 25.8 Å². The van der Waals surface area contributed by atoms with Crippen LogP contribution in [0.15, 0.2) is 0 Å². The standard InChI is InChI=1S/C15H32N2/c1-7-12(4)14-10-16-15(5,6)11-17(14)13(8-2)9-3/h12-14,16H,7-11H2,1-6H3. The van der Waals surface area contributed by atoms with E-state index in [0.29, 0.717) is 0 Å². The molecule has 2 heteroatoms. The average Bonchev–Trinajstić information content (AvgIpc) is 2.29.